The van der Waals surface area contributed by atoms with Crippen LogP contribution in [0.5, 0.6) is 0 Å². The summed E-state index contributed by atoms with van der Waals surface area (Å²) < 4.78 is 11.5. The van der Waals surface area contributed by atoms with E-state index in [9.17, 15) is 4.79 Å². The normalized spacial score (nSPS) is 10.6. The highest BCUT2D eigenvalue weighted by molar-refractivity contribution is 5.76. The van der Waals surface area contributed by atoms with E-state index in [2.05, 4.69) is 5.10 Å². The summed E-state index contributed by atoms with van der Waals surface area (Å²) in [7, 11) is 3.21. The first-order chi connectivity index (χ1) is 8.67. The molecule has 0 bridgehead atoms. The molecule has 2 N–H and O–H groups in total. The van der Waals surface area contributed by atoms with Gasteiger partial charge in [0.2, 0.25) is 5.91 Å². The minimum absolute atomic E-state index is 0.0350. The SMILES string of the molecule is COCCN(CCOC)C(=O)Cn1cc(N)cn1. The molecular weight excluding hydrogens is 236 g/mol. The summed E-state index contributed by atoms with van der Waals surface area (Å²) in [5.74, 6) is -0.0350. The molecule has 0 aliphatic rings. The number of anilines is 1. The highest BCUT2D eigenvalue weighted by Gasteiger charge is 2.13. The van der Waals surface area contributed by atoms with Crippen molar-refractivity contribution in [2.45, 2.75) is 6.54 Å². The Kier molecular flexibility index (Phi) is 6.16. The molecule has 1 amide bonds. The lowest BCUT2D eigenvalue weighted by Crippen LogP contribution is -2.38. The molecule has 0 fully saturated rings. The van der Waals surface area contributed by atoms with Crippen molar-refractivity contribution in [1.29, 1.82) is 0 Å². The summed E-state index contributed by atoms with van der Waals surface area (Å²) in [5, 5.41) is 3.98. The Hall–Kier alpha value is -1.60. The van der Waals surface area contributed by atoms with Gasteiger partial charge in [-0.2, -0.15) is 5.10 Å². The number of rotatable bonds is 8. The smallest absolute Gasteiger partial charge is 0.244 e. The first-order valence-corrected chi connectivity index (χ1v) is 5.71. The second-order valence-corrected chi connectivity index (χ2v) is 3.84. The van der Waals surface area contributed by atoms with Gasteiger partial charge >= 0.3 is 0 Å². The second kappa shape index (κ2) is 7.67. The fourth-order valence-electron chi connectivity index (χ4n) is 1.47. The number of hydrogen-bond acceptors (Lipinski definition) is 5. The van der Waals surface area contributed by atoms with Crippen molar-refractivity contribution < 1.29 is 14.3 Å². The summed E-state index contributed by atoms with van der Waals surface area (Å²) >= 11 is 0. The Morgan fingerprint density at radius 3 is 2.44 bits per heavy atom. The van der Waals surface area contributed by atoms with E-state index in [1.165, 1.54) is 10.9 Å². The molecule has 0 spiro atoms. The van der Waals surface area contributed by atoms with Crippen LogP contribution in [0.25, 0.3) is 0 Å². The minimum atomic E-state index is -0.0350. The Morgan fingerprint density at radius 1 is 1.39 bits per heavy atom. The average Bonchev–Trinajstić information content (AvgIpc) is 2.75. The van der Waals surface area contributed by atoms with Crippen LogP contribution in [0.3, 0.4) is 0 Å². The number of amides is 1. The molecule has 1 aromatic heterocycles. The number of hydrogen-bond donors (Lipinski definition) is 1. The van der Waals surface area contributed by atoms with Crippen molar-refractivity contribution in [3.63, 3.8) is 0 Å². The topological polar surface area (TPSA) is 82.6 Å². The van der Waals surface area contributed by atoms with Crippen LogP contribution in [0.2, 0.25) is 0 Å². The third-order valence-corrected chi connectivity index (χ3v) is 2.43. The van der Waals surface area contributed by atoms with Gasteiger partial charge in [0.15, 0.2) is 0 Å². The summed E-state index contributed by atoms with van der Waals surface area (Å²) in [5.41, 5.74) is 6.09. The number of nitrogens with two attached hydrogens (primary N) is 1. The second-order valence-electron chi connectivity index (χ2n) is 3.84. The van der Waals surface area contributed by atoms with Crippen molar-refractivity contribution in [3.8, 4) is 0 Å². The Morgan fingerprint density at radius 2 is 2.00 bits per heavy atom. The van der Waals surface area contributed by atoms with Gasteiger partial charge in [-0.1, -0.05) is 0 Å². The molecule has 1 aromatic rings. The predicted octanol–water partition coefficient (Wildman–Crippen LogP) is -0.413. The molecule has 0 saturated heterocycles. The maximum atomic E-state index is 12.0. The van der Waals surface area contributed by atoms with Crippen LogP contribution in [-0.4, -0.2) is 61.1 Å². The molecule has 0 aromatic carbocycles. The zero-order valence-corrected chi connectivity index (χ0v) is 10.8. The Balaban J connectivity index is 2.51. The molecule has 7 heteroatoms. The van der Waals surface area contributed by atoms with Gasteiger partial charge in [0.05, 0.1) is 25.1 Å². The van der Waals surface area contributed by atoms with Gasteiger partial charge in [0.1, 0.15) is 6.54 Å². The Bertz CT molecular complexity index is 359. The molecule has 0 radical (unpaired) electrons. The quantitative estimate of drug-likeness (QED) is 0.683. The van der Waals surface area contributed by atoms with Gasteiger partial charge in [0.25, 0.3) is 0 Å². The van der Waals surface area contributed by atoms with Crippen LogP contribution in [0.4, 0.5) is 5.69 Å². The van der Waals surface area contributed by atoms with Gasteiger partial charge in [-0.3, -0.25) is 9.48 Å². The van der Waals surface area contributed by atoms with Crippen LogP contribution in [0, 0.1) is 0 Å². The monoisotopic (exact) mass is 256 g/mol. The lowest BCUT2D eigenvalue weighted by Gasteiger charge is -2.21. The maximum absolute atomic E-state index is 12.0. The van der Waals surface area contributed by atoms with Gasteiger partial charge < -0.3 is 20.1 Å². The first-order valence-electron chi connectivity index (χ1n) is 5.71. The zero-order valence-electron chi connectivity index (χ0n) is 10.8. The number of nitrogens with zero attached hydrogens (tertiary/aromatic N) is 3. The number of ether oxygens (including phenoxy) is 2. The summed E-state index contributed by atoms with van der Waals surface area (Å²) in [6, 6.07) is 0. The van der Waals surface area contributed by atoms with E-state index in [-0.39, 0.29) is 12.5 Å². The zero-order chi connectivity index (χ0) is 13.4. The number of carbonyl (C=O) groups excluding carboxylic acids is 1. The number of aromatic nitrogens is 2. The molecule has 0 aliphatic carbocycles. The van der Waals surface area contributed by atoms with Crippen LogP contribution in [-0.2, 0) is 20.8 Å². The first kappa shape index (κ1) is 14.5. The molecule has 1 heterocycles. The molecule has 0 aliphatic heterocycles. The standard InChI is InChI=1S/C11H20N4O3/c1-17-5-3-14(4-6-18-2)11(16)9-15-8-10(12)7-13-15/h7-8H,3-6,9,12H2,1-2H3. The van der Waals surface area contributed by atoms with Crippen molar-refractivity contribution in [1.82, 2.24) is 14.7 Å². The van der Waals surface area contributed by atoms with E-state index < -0.39 is 0 Å². The predicted molar refractivity (Wildman–Crippen MR) is 67.0 cm³/mol. The largest absolute Gasteiger partial charge is 0.396 e. The molecule has 102 valence electrons. The van der Waals surface area contributed by atoms with Crippen molar-refractivity contribution >= 4 is 11.6 Å². The van der Waals surface area contributed by atoms with E-state index in [0.29, 0.717) is 32.0 Å². The molecule has 7 nitrogen and oxygen atoms in total. The average molecular weight is 256 g/mol. The molecule has 0 unspecified atom stereocenters. The summed E-state index contributed by atoms with van der Waals surface area (Å²) in [6.45, 7) is 2.24. The van der Waals surface area contributed by atoms with E-state index in [1.54, 1.807) is 25.3 Å². The number of carbonyl (C=O) groups is 1. The maximum Gasteiger partial charge on any atom is 0.244 e. The number of nitrogen functional groups attached to an aromatic ring is 1. The highest BCUT2D eigenvalue weighted by Crippen LogP contribution is 2.00. The fourth-order valence-corrected chi connectivity index (χ4v) is 1.47. The van der Waals surface area contributed by atoms with Crippen LogP contribution >= 0.6 is 0 Å². The van der Waals surface area contributed by atoms with Crippen LogP contribution in [0.15, 0.2) is 12.4 Å². The minimum Gasteiger partial charge on any atom is -0.396 e. The summed E-state index contributed by atoms with van der Waals surface area (Å²) in [6.07, 6.45) is 3.14. The number of methoxy groups -OCH3 is 2. The van der Waals surface area contributed by atoms with E-state index in [1.807, 2.05) is 0 Å². The molecule has 18 heavy (non-hydrogen) atoms. The van der Waals surface area contributed by atoms with Crippen LogP contribution in [0.1, 0.15) is 0 Å². The van der Waals surface area contributed by atoms with E-state index in [0.717, 1.165) is 0 Å². The molecular formula is C11H20N4O3. The summed E-state index contributed by atoms with van der Waals surface area (Å²) in [4.78, 5) is 13.7. The third kappa shape index (κ3) is 4.72. The Labute approximate surface area is 106 Å². The van der Waals surface area contributed by atoms with E-state index in [4.69, 9.17) is 15.2 Å². The van der Waals surface area contributed by atoms with Crippen LogP contribution < -0.4 is 5.73 Å². The van der Waals surface area contributed by atoms with Gasteiger partial charge in [-0.15, -0.1) is 0 Å². The van der Waals surface area contributed by atoms with Gasteiger partial charge in [-0.05, 0) is 0 Å². The lowest BCUT2D eigenvalue weighted by molar-refractivity contribution is -0.133. The third-order valence-electron chi connectivity index (χ3n) is 2.43. The van der Waals surface area contributed by atoms with Gasteiger partial charge in [0, 0.05) is 33.5 Å². The van der Waals surface area contributed by atoms with Crippen molar-refractivity contribution in [2.75, 3.05) is 46.3 Å². The molecule has 0 atom stereocenters. The van der Waals surface area contributed by atoms with Crippen molar-refractivity contribution in [3.05, 3.63) is 12.4 Å². The lowest BCUT2D eigenvalue weighted by atomic mass is 10.4. The van der Waals surface area contributed by atoms with E-state index >= 15 is 0 Å². The molecule has 0 saturated carbocycles. The van der Waals surface area contributed by atoms with Crippen molar-refractivity contribution in [2.24, 2.45) is 0 Å². The highest BCUT2D eigenvalue weighted by atomic mass is 16.5. The van der Waals surface area contributed by atoms with Gasteiger partial charge in [-0.25, -0.2) is 0 Å². The molecule has 1 rings (SSSR count). The fraction of sp³-hybridized carbons (Fsp3) is 0.636.